The number of halogens is 3. The van der Waals surface area contributed by atoms with Crippen molar-refractivity contribution in [2.45, 2.75) is 18.6 Å². The molecular weight excluding hydrogens is 241 g/mol. The summed E-state index contributed by atoms with van der Waals surface area (Å²) in [5, 5.41) is 10.6. The van der Waals surface area contributed by atoms with Gasteiger partial charge in [0, 0.05) is 7.05 Å². The summed E-state index contributed by atoms with van der Waals surface area (Å²) < 4.78 is 35.9. The van der Waals surface area contributed by atoms with Crippen LogP contribution < -0.4 is 5.32 Å². The average molecular weight is 254 g/mol. The van der Waals surface area contributed by atoms with Gasteiger partial charge in [-0.15, -0.1) is 6.58 Å². The van der Waals surface area contributed by atoms with Gasteiger partial charge in [0.05, 0.1) is 0 Å². The van der Waals surface area contributed by atoms with Crippen LogP contribution in [0.5, 0.6) is 0 Å². The van der Waals surface area contributed by atoms with Gasteiger partial charge in [0.25, 0.3) is 0 Å². The number of aliphatic carboxylic acids is 1. The SMILES string of the molecule is C=CCC(NC(=O)N(C)CC(F)(F)F)C(=O)O. The third kappa shape index (κ3) is 6.44. The predicted molar refractivity (Wildman–Crippen MR) is 53.5 cm³/mol. The normalized spacial score (nSPS) is 12.7. The van der Waals surface area contributed by atoms with Crippen LogP contribution in [0.1, 0.15) is 6.42 Å². The number of carboxylic acids is 1. The Morgan fingerprint density at radius 3 is 2.41 bits per heavy atom. The van der Waals surface area contributed by atoms with Crippen molar-refractivity contribution in [3.63, 3.8) is 0 Å². The van der Waals surface area contributed by atoms with E-state index in [-0.39, 0.29) is 6.42 Å². The van der Waals surface area contributed by atoms with E-state index in [4.69, 9.17) is 5.11 Å². The molecule has 0 aromatic heterocycles. The van der Waals surface area contributed by atoms with E-state index in [0.29, 0.717) is 4.90 Å². The predicted octanol–water partition coefficient (Wildman–Crippen LogP) is 1.22. The molecule has 0 aliphatic heterocycles. The number of carboxylic acid groups (broad SMARTS) is 1. The van der Waals surface area contributed by atoms with Crippen molar-refractivity contribution in [2.24, 2.45) is 0 Å². The highest BCUT2D eigenvalue weighted by Crippen LogP contribution is 2.15. The fraction of sp³-hybridized carbons (Fsp3) is 0.556. The van der Waals surface area contributed by atoms with Crippen LogP contribution in [0, 0.1) is 0 Å². The second-order valence-electron chi connectivity index (χ2n) is 3.34. The summed E-state index contributed by atoms with van der Waals surface area (Å²) in [4.78, 5) is 22.2. The number of rotatable bonds is 5. The lowest BCUT2D eigenvalue weighted by molar-refractivity contribution is -0.139. The van der Waals surface area contributed by atoms with Crippen molar-refractivity contribution in [3.05, 3.63) is 12.7 Å². The van der Waals surface area contributed by atoms with Gasteiger partial charge in [0.1, 0.15) is 12.6 Å². The van der Waals surface area contributed by atoms with Crippen LogP contribution in [-0.4, -0.2) is 47.8 Å². The van der Waals surface area contributed by atoms with Gasteiger partial charge in [0.15, 0.2) is 0 Å². The van der Waals surface area contributed by atoms with Gasteiger partial charge in [-0.05, 0) is 6.42 Å². The van der Waals surface area contributed by atoms with Crippen LogP contribution in [0.25, 0.3) is 0 Å². The second kappa shape index (κ2) is 6.12. The maximum absolute atomic E-state index is 12.0. The molecule has 17 heavy (non-hydrogen) atoms. The number of urea groups is 1. The monoisotopic (exact) mass is 254 g/mol. The number of nitrogens with zero attached hydrogens (tertiary/aromatic N) is 1. The highest BCUT2D eigenvalue weighted by molar-refractivity contribution is 5.82. The first-order valence-corrected chi connectivity index (χ1v) is 4.59. The van der Waals surface area contributed by atoms with Crippen LogP contribution >= 0.6 is 0 Å². The number of hydrogen-bond acceptors (Lipinski definition) is 2. The minimum absolute atomic E-state index is 0.0685. The zero-order chi connectivity index (χ0) is 13.6. The first kappa shape index (κ1) is 15.3. The standard InChI is InChI=1S/C9H13F3N2O3/c1-3-4-6(7(15)16)13-8(17)14(2)5-9(10,11)12/h3,6H,1,4-5H2,2H3,(H,13,17)(H,15,16). The molecule has 1 atom stereocenters. The van der Waals surface area contributed by atoms with E-state index in [9.17, 15) is 22.8 Å². The largest absolute Gasteiger partial charge is 0.480 e. The van der Waals surface area contributed by atoms with Crippen molar-refractivity contribution in [2.75, 3.05) is 13.6 Å². The zero-order valence-corrected chi connectivity index (χ0v) is 9.12. The molecule has 0 fully saturated rings. The van der Waals surface area contributed by atoms with E-state index >= 15 is 0 Å². The van der Waals surface area contributed by atoms with E-state index in [1.54, 1.807) is 0 Å². The van der Waals surface area contributed by atoms with Crippen LogP contribution in [0.3, 0.4) is 0 Å². The van der Waals surface area contributed by atoms with Crippen LogP contribution in [-0.2, 0) is 4.79 Å². The topological polar surface area (TPSA) is 69.6 Å². The molecular formula is C9H13F3N2O3. The highest BCUT2D eigenvalue weighted by Gasteiger charge is 2.32. The van der Waals surface area contributed by atoms with Crippen molar-refractivity contribution in [3.8, 4) is 0 Å². The van der Waals surface area contributed by atoms with E-state index in [1.165, 1.54) is 6.08 Å². The Morgan fingerprint density at radius 2 is 2.06 bits per heavy atom. The molecule has 0 spiro atoms. The Hall–Kier alpha value is -1.73. The van der Waals surface area contributed by atoms with Gasteiger partial charge in [-0.25, -0.2) is 9.59 Å². The van der Waals surface area contributed by atoms with Crippen molar-refractivity contribution in [1.82, 2.24) is 10.2 Å². The van der Waals surface area contributed by atoms with Gasteiger partial charge in [-0.3, -0.25) is 0 Å². The Labute approximate surface area is 95.9 Å². The number of nitrogens with one attached hydrogen (secondary N) is 1. The van der Waals surface area contributed by atoms with Crippen LogP contribution in [0.2, 0.25) is 0 Å². The lowest BCUT2D eigenvalue weighted by Gasteiger charge is -2.21. The molecule has 0 bridgehead atoms. The Morgan fingerprint density at radius 1 is 1.53 bits per heavy atom. The summed E-state index contributed by atoms with van der Waals surface area (Å²) in [7, 11) is 0.926. The Kier molecular flexibility index (Phi) is 5.49. The number of hydrogen-bond donors (Lipinski definition) is 2. The maximum Gasteiger partial charge on any atom is 0.406 e. The minimum atomic E-state index is -4.52. The average Bonchev–Trinajstić information content (AvgIpc) is 2.13. The molecule has 0 saturated carbocycles. The molecule has 0 radical (unpaired) electrons. The van der Waals surface area contributed by atoms with Crippen molar-refractivity contribution >= 4 is 12.0 Å². The summed E-state index contributed by atoms with van der Waals surface area (Å²) in [5.74, 6) is -1.33. The lowest BCUT2D eigenvalue weighted by atomic mass is 10.2. The van der Waals surface area contributed by atoms with Crippen molar-refractivity contribution in [1.29, 1.82) is 0 Å². The van der Waals surface area contributed by atoms with Gasteiger partial charge < -0.3 is 15.3 Å². The molecule has 0 rings (SSSR count). The molecule has 5 nitrogen and oxygen atoms in total. The lowest BCUT2D eigenvalue weighted by Crippen LogP contribution is -2.48. The van der Waals surface area contributed by atoms with Gasteiger partial charge in [-0.2, -0.15) is 13.2 Å². The van der Waals surface area contributed by atoms with E-state index < -0.39 is 30.8 Å². The van der Waals surface area contributed by atoms with Crippen LogP contribution in [0.15, 0.2) is 12.7 Å². The fourth-order valence-corrected chi connectivity index (χ4v) is 0.988. The first-order valence-electron chi connectivity index (χ1n) is 4.59. The summed E-state index contributed by atoms with van der Waals surface area (Å²) in [6.07, 6.45) is -3.34. The zero-order valence-electron chi connectivity index (χ0n) is 9.12. The highest BCUT2D eigenvalue weighted by atomic mass is 19.4. The molecule has 1 unspecified atom stereocenters. The molecule has 0 saturated heterocycles. The number of alkyl halides is 3. The number of carbonyl (C=O) groups is 2. The molecule has 98 valence electrons. The molecule has 0 aromatic rings. The van der Waals surface area contributed by atoms with Crippen molar-refractivity contribution < 1.29 is 27.9 Å². The second-order valence-corrected chi connectivity index (χ2v) is 3.34. The molecule has 2 N–H and O–H groups in total. The van der Waals surface area contributed by atoms with Gasteiger partial charge in [-0.1, -0.05) is 6.08 Å². The molecule has 0 aromatic carbocycles. The first-order chi connectivity index (χ1) is 7.67. The molecule has 8 heteroatoms. The fourth-order valence-electron chi connectivity index (χ4n) is 0.988. The summed E-state index contributed by atoms with van der Waals surface area (Å²) in [6.45, 7) is 1.84. The Balaban J connectivity index is 4.40. The third-order valence-electron chi connectivity index (χ3n) is 1.76. The van der Waals surface area contributed by atoms with Crippen LogP contribution in [0.4, 0.5) is 18.0 Å². The van der Waals surface area contributed by atoms with Gasteiger partial charge in [0.2, 0.25) is 0 Å². The summed E-state index contributed by atoms with van der Waals surface area (Å²) in [6, 6.07) is -2.38. The van der Waals surface area contributed by atoms with Gasteiger partial charge >= 0.3 is 18.2 Å². The molecule has 0 aliphatic rings. The summed E-state index contributed by atoms with van der Waals surface area (Å²) in [5.41, 5.74) is 0. The third-order valence-corrected chi connectivity index (χ3v) is 1.76. The van der Waals surface area contributed by atoms with E-state index in [1.807, 2.05) is 5.32 Å². The van der Waals surface area contributed by atoms with E-state index in [0.717, 1.165) is 7.05 Å². The molecule has 0 heterocycles. The smallest absolute Gasteiger partial charge is 0.406 e. The summed E-state index contributed by atoms with van der Waals surface area (Å²) >= 11 is 0. The maximum atomic E-state index is 12.0. The quantitative estimate of drug-likeness (QED) is 0.725. The molecule has 0 aliphatic carbocycles. The molecule has 2 amide bonds. The number of amides is 2. The minimum Gasteiger partial charge on any atom is -0.480 e. The van der Waals surface area contributed by atoms with E-state index in [2.05, 4.69) is 6.58 Å². The number of carbonyl (C=O) groups excluding carboxylic acids is 1. The Bertz CT molecular complexity index is 304.